The Balaban J connectivity index is 1.18. The number of imidazole rings is 1. The fourth-order valence-electron chi connectivity index (χ4n) is 4.61. The van der Waals surface area contributed by atoms with Gasteiger partial charge in [0.25, 0.3) is 5.56 Å². The minimum absolute atomic E-state index is 0.156. The molecule has 4 heterocycles. The molecule has 0 radical (unpaired) electrons. The topological polar surface area (TPSA) is 94.9 Å². The predicted molar refractivity (Wildman–Crippen MR) is 105 cm³/mol. The number of fused-ring (bicyclic) bond motifs is 2. The Bertz CT molecular complexity index is 1310. The van der Waals surface area contributed by atoms with Gasteiger partial charge in [-0.1, -0.05) is 17.3 Å². The average molecular weight is 407 g/mol. The summed E-state index contributed by atoms with van der Waals surface area (Å²) >= 11 is 0. The van der Waals surface area contributed by atoms with E-state index in [1.54, 1.807) is 24.0 Å². The van der Waals surface area contributed by atoms with Crippen LogP contribution in [0.5, 0.6) is 0 Å². The quantitative estimate of drug-likeness (QED) is 0.507. The fourth-order valence-corrected chi connectivity index (χ4v) is 4.61. The first-order valence-electron chi connectivity index (χ1n) is 9.78. The molecule has 2 unspecified atom stereocenters. The first-order chi connectivity index (χ1) is 14.6. The molecule has 30 heavy (non-hydrogen) atoms. The van der Waals surface area contributed by atoms with Gasteiger partial charge < -0.3 is 14.0 Å². The number of aromatic nitrogens is 6. The Morgan fingerprint density at radius 2 is 1.93 bits per heavy atom. The monoisotopic (exact) mass is 407 g/mol. The normalized spacial score (nSPS) is 22.6. The van der Waals surface area contributed by atoms with Crippen molar-refractivity contribution in [2.75, 3.05) is 18.0 Å². The summed E-state index contributed by atoms with van der Waals surface area (Å²) in [5, 5.41) is 4.14. The van der Waals surface area contributed by atoms with Gasteiger partial charge in [-0.15, -0.1) is 0 Å². The standard InChI is InChI=1S/C20H18FN7O2/c1-26-9-22-19-17(26)20(29)28(10-23-19)8-15-24-18(25-30-15)16-11-6-27(7-12(11)16)14-5-3-2-4-13(14)21/h2-5,9-12,16H,6-8H2,1H3. The zero-order valence-electron chi connectivity index (χ0n) is 16.1. The van der Waals surface area contributed by atoms with E-state index in [0.29, 0.717) is 40.4 Å². The molecule has 1 aliphatic heterocycles. The van der Waals surface area contributed by atoms with E-state index in [2.05, 4.69) is 25.0 Å². The molecule has 0 spiro atoms. The molecule has 6 rings (SSSR count). The molecule has 9 nitrogen and oxygen atoms in total. The largest absolute Gasteiger partial charge is 0.369 e. The zero-order chi connectivity index (χ0) is 20.4. The fraction of sp³-hybridized carbons (Fsp3) is 0.350. The molecule has 2 fully saturated rings. The Morgan fingerprint density at radius 3 is 2.73 bits per heavy atom. The Labute approximate surface area is 169 Å². The maximum atomic E-state index is 14.0. The number of halogens is 1. The minimum Gasteiger partial charge on any atom is -0.369 e. The van der Waals surface area contributed by atoms with Gasteiger partial charge in [0, 0.05) is 26.1 Å². The van der Waals surface area contributed by atoms with Gasteiger partial charge in [0.2, 0.25) is 5.89 Å². The maximum absolute atomic E-state index is 14.0. The van der Waals surface area contributed by atoms with Crippen LogP contribution in [0, 0.1) is 17.7 Å². The average Bonchev–Trinajstić information content (AvgIpc) is 3.16. The highest BCUT2D eigenvalue weighted by Gasteiger charge is 2.58. The van der Waals surface area contributed by atoms with Crippen molar-refractivity contribution in [2.24, 2.45) is 18.9 Å². The molecule has 0 N–H and O–H groups in total. The highest BCUT2D eigenvalue weighted by Crippen LogP contribution is 2.58. The van der Waals surface area contributed by atoms with Gasteiger partial charge in [0.05, 0.1) is 12.0 Å². The summed E-state index contributed by atoms with van der Waals surface area (Å²) in [6.07, 6.45) is 3.00. The van der Waals surface area contributed by atoms with Crippen molar-refractivity contribution < 1.29 is 8.91 Å². The molecule has 1 saturated carbocycles. The van der Waals surface area contributed by atoms with Gasteiger partial charge in [-0.2, -0.15) is 4.98 Å². The van der Waals surface area contributed by atoms with Crippen molar-refractivity contribution >= 4 is 16.9 Å². The second kappa shape index (κ2) is 6.22. The highest BCUT2D eigenvalue weighted by molar-refractivity contribution is 5.68. The van der Waals surface area contributed by atoms with Crippen LogP contribution in [0.15, 0.2) is 46.2 Å². The molecular weight excluding hydrogens is 389 g/mol. The predicted octanol–water partition coefficient (Wildman–Crippen LogP) is 1.55. The number of para-hydroxylation sites is 1. The maximum Gasteiger partial charge on any atom is 0.280 e. The van der Waals surface area contributed by atoms with Crippen LogP contribution in [0.25, 0.3) is 11.2 Å². The second-order valence-electron chi connectivity index (χ2n) is 7.96. The van der Waals surface area contributed by atoms with Crippen molar-refractivity contribution in [1.29, 1.82) is 0 Å². The molecular formula is C20H18FN7O2. The molecule has 2 atom stereocenters. The number of anilines is 1. The smallest absolute Gasteiger partial charge is 0.280 e. The first-order valence-corrected chi connectivity index (χ1v) is 9.78. The van der Waals surface area contributed by atoms with E-state index >= 15 is 0 Å². The van der Waals surface area contributed by atoms with Gasteiger partial charge in [-0.3, -0.25) is 9.36 Å². The number of nitrogens with zero attached hydrogens (tertiary/aromatic N) is 7. The number of hydrogen-bond acceptors (Lipinski definition) is 7. The molecule has 0 amide bonds. The number of benzene rings is 1. The lowest BCUT2D eigenvalue weighted by atomic mass is 10.2. The summed E-state index contributed by atoms with van der Waals surface area (Å²) < 4.78 is 22.5. The van der Waals surface area contributed by atoms with Gasteiger partial charge in [0.15, 0.2) is 17.0 Å². The lowest BCUT2D eigenvalue weighted by Gasteiger charge is -2.21. The molecule has 2 aliphatic rings. The SMILES string of the molecule is Cn1cnc2ncn(Cc3nc(C4C5CN(c6ccccc6F)CC54)no3)c(=O)c21. The summed E-state index contributed by atoms with van der Waals surface area (Å²) in [5.41, 5.74) is 1.29. The van der Waals surface area contributed by atoms with Gasteiger partial charge in [-0.25, -0.2) is 14.4 Å². The van der Waals surface area contributed by atoms with Crippen molar-refractivity contribution in [3.8, 4) is 0 Å². The van der Waals surface area contributed by atoms with E-state index in [-0.39, 0.29) is 23.8 Å². The highest BCUT2D eigenvalue weighted by atomic mass is 19.1. The zero-order valence-corrected chi connectivity index (χ0v) is 16.1. The lowest BCUT2D eigenvalue weighted by Crippen LogP contribution is -2.24. The van der Waals surface area contributed by atoms with E-state index in [4.69, 9.17) is 4.52 Å². The molecule has 1 aromatic carbocycles. The van der Waals surface area contributed by atoms with Gasteiger partial charge in [-0.05, 0) is 24.0 Å². The van der Waals surface area contributed by atoms with Crippen molar-refractivity contribution in [3.05, 3.63) is 64.8 Å². The van der Waals surface area contributed by atoms with Crippen LogP contribution >= 0.6 is 0 Å². The van der Waals surface area contributed by atoms with E-state index in [1.807, 2.05) is 12.1 Å². The van der Waals surface area contributed by atoms with Crippen LogP contribution in [0.2, 0.25) is 0 Å². The number of rotatable bonds is 4. The molecule has 10 heteroatoms. The van der Waals surface area contributed by atoms with Crippen LogP contribution in [0.1, 0.15) is 17.6 Å². The van der Waals surface area contributed by atoms with Crippen LogP contribution in [0.4, 0.5) is 10.1 Å². The second-order valence-corrected chi connectivity index (χ2v) is 7.96. The Morgan fingerprint density at radius 1 is 1.17 bits per heavy atom. The van der Waals surface area contributed by atoms with Crippen molar-refractivity contribution in [1.82, 2.24) is 29.2 Å². The summed E-state index contributed by atoms with van der Waals surface area (Å²) in [6.45, 7) is 1.71. The van der Waals surface area contributed by atoms with Gasteiger partial charge >= 0.3 is 0 Å². The van der Waals surface area contributed by atoms with E-state index in [0.717, 1.165) is 13.1 Å². The van der Waals surface area contributed by atoms with E-state index < -0.39 is 0 Å². The molecule has 1 aliphatic carbocycles. The Kier molecular flexibility index (Phi) is 3.59. The molecule has 1 saturated heterocycles. The number of piperidine rings is 1. The van der Waals surface area contributed by atoms with Crippen molar-refractivity contribution in [2.45, 2.75) is 12.5 Å². The lowest BCUT2D eigenvalue weighted by molar-refractivity contribution is 0.363. The summed E-state index contributed by atoms with van der Waals surface area (Å²) in [4.78, 5) is 27.6. The van der Waals surface area contributed by atoms with Crippen molar-refractivity contribution in [3.63, 3.8) is 0 Å². The summed E-state index contributed by atoms with van der Waals surface area (Å²) in [6, 6.07) is 6.85. The number of aryl methyl sites for hydroxylation is 1. The third-order valence-corrected chi connectivity index (χ3v) is 6.18. The van der Waals surface area contributed by atoms with Crippen LogP contribution < -0.4 is 10.5 Å². The third kappa shape index (κ3) is 2.56. The first kappa shape index (κ1) is 17.3. The molecule has 3 aromatic heterocycles. The van der Waals surface area contributed by atoms with Crippen LogP contribution in [0.3, 0.4) is 0 Å². The number of hydrogen-bond donors (Lipinski definition) is 0. The Hall–Kier alpha value is -3.56. The third-order valence-electron chi connectivity index (χ3n) is 6.18. The van der Waals surface area contributed by atoms with E-state index in [9.17, 15) is 9.18 Å². The molecule has 4 aromatic rings. The van der Waals surface area contributed by atoms with Crippen LogP contribution in [-0.2, 0) is 13.6 Å². The van der Waals surface area contributed by atoms with E-state index in [1.165, 1.54) is 17.0 Å². The van der Waals surface area contributed by atoms with Crippen LogP contribution in [-0.4, -0.2) is 42.3 Å². The minimum atomic E-state index is -0.205. The summed E-state index contributed by atoms with van der Waals surface area (Å²) in [5.74, 6) is 1.85. The molecule has 0 bridgehead atoms. The molecule has 152 valence electrons. The summed E-state index contributed by atoms with van der Waals surface area (Å²) in [7, 11) is 1.75. The van der Waals surface area contributed by atoms with Gasteiger partial charge in [0.1, 0.15) is 18.7 Å².